The maximum atomic E-state index is 11.1. The van der Waals surface area contributed by atoms with Crippen LogP contribution in [0.2, 0.25) is 0 Å². The molecule has 0 aliphatic carbocycles. The van der Waals surface area contributed by atoms with Crippen molar-refractivity contribution >= 4 is 5.91 Å². The van der Waals surface area contributed by atoms with Gasteiger partial charge >= 0.3 is 0 Å². The van der Waals surface area contributed by atoms with Crippen LogP contribution in [-0.2, 0) is 0 Å². The van der Waals surface area contributed by atoms with Gasteiger partial charge in [0.15, 0.2) is 0 Å². The van der Waals surface area contributed by atoms with Gasteiger partial charge in [0, 0.05) is 23.5 Å². The number of methoxy groups -OCH3 is 1. The van der Waals surface area contributed by atoms with E-state index in [4.69, 9.17) is 10.5 Å². The average Bonchev–Trinajstić information content (AvgIpc) is 2.39. The van der Waals surface area contributed by atoms with Gasteiger partial charge < -0.3 is 10.5 Å². The largest absolute Gasteiger partial charge is 0.496 e. The Balaban J connectivity index is 2.52. The van der Waals surface area contributed by atoms with Gasteiger partial charge in [-0.05, 0) is 23.8 Å². The molecule has 1 amide bonds. The number of amides is 1. The molecule has 1 aromatic heterocycles. The van der Waals surface area contributed by atoms with Crippen molar-refractivity contribution in [3.8, 4) is 16.9 Å². The Labute approximate surface area is 99.1 Å². The number of primary amides is 1. The normalized spacial score (nSPS) is 9.94. The molecule has 4 nitrogen and oxygen atoms in total. The fraction of sp³-hybridized carbons (Fsp3) is 0.0769. The van der Waals surface area contributed by atoms with Gasteiger partial charge in [-0.3, -0.25) is 9.78 Å². The highest BCUT2D eigenvalue weighted by molar-refractivity contribution is 5.94. The molecule has 86 valence electrons. The number of pyridine rings is 1. The minimum absolute atomic E-state index is 0.449. The molecule has 0 spiro atoms. The molecule has 4 heteroatoms. The second-order valence-electron chi connectivity index (χ2n) is 3.52. The zero-order valence-electron chi connectivity index (χ0n) is 9.38. The summed E-state index contributed by atoms with van der Waals surface area (Å²) in [6.07, 6.45) is 3.35. The summed E-state index contributed by atoms with van der Waals surface area (Å²) in [6.45, 7) is 0. The molecule has 1 aromatic carbocycles. The second kappa shape index (κ2) is 4.65. The Morgan fingerprint density at radius 2 is 2.18 bits per heavy atom. The number of carbonyl (C=O) groups is 1. The lowest BCUT2D eigenvalue weighted by atomic mass is 10.0. The zero-order chi connectivity index (χ0) is 12.3. The van der Waals surface area contributed by atoms with Crippen LogP contribution in [0, 0.1) is 0 Å². The molecular formula is C13H12N2O2. The summed E-state index contributed by atoms with van der Waals surface area (Å²) in [4.78, 5) is 15.2. The van der Waals surface area contributed by atoms with E-state index in [-0.39, 0.29) is 0 Å². The molecule has 0 radical (unpaired) electrons. The number of aromatic nitrogens is 1. The van der Waals surface area contributed by atoms with Crippen LogP contribution >= 0.6 is 0 Å². The van der Waals surface area contributed by atoms with Gasteiger partial charge in [0.25, 0.3) is 0 Å². The molecule has 0 aliphatic rings. The number of hydrogen-bond donors (Lipinski definition) is 1. The molecule has 0 atom stereocenters. The van der Waals surface area contributed by atoms with E-state index in [1.807, 2.05) is 6.07 Å². The van der Waals surface area contributed by atoms with Crippen LogP contribution in [0.1, 0.15) is 10.4 Å². The minimum Gasteiger partial charge on any atom is -0.496 e. The monoisotopic (exact) mass is 228 g/mol. The van der Waals surface area contributed by atoms with E-state index >= 15 is 0 Å². The van der Waals surface area contributed by atoms with Crippen molar-refractivity contribution in [3.05, 3.63) is 48.3 Å². The van der Waals surface area contributed by atoms with E-state index < -0.39 is 5.91 Å². The zero-order valence-corrected chi connectivity index (χ0v) is 9.38. The van der Waals surface area contributed by atoms with Crippen LogP contribution in [0.3, 0.4) is 0 Å². The van der Waals surface area contributed by atoms with Crippen LogP contribution in [0.25, 0.3) is 11.1 Å². The number of nitrogens with two attached hydrogens (primary N) is 1. The van der Waals surface area contributed by atoms with E-state index in [9.17, 15) is 4.79 Å². The standard InChI is InChI=1S/C13H12N2O2/c1-17-12-5-6-15-8-11(12)9-3-2-4-10(7-9)13(14)16/h2-8H,1H3,(H2,14,16). The van der Waals surface area contributed by atoms with E-state index in [1.165, 1.54) is 0 Å². The Morgan fingerprint density at radius 3 is 2.88 bits per heavy atom. The summed E-state index contributed by atoms with van der Waals surface area (Å²) in [6, 6.07) is 8.83. The minimum atomic E-state index is -0.449. The Morgan fingerprint density at radius 1 is 1.35 bits per heavy atom. The van der Waals surface area contributed by atoms with Crippen molar-refractivity contribution in [3.63, 3.8) is 0 Å². The first-order valence-corrected chi connectivity index (χ1v) is 5.10. The maximum Gasteiger partial charge on any atom is 0.248 e. The summed E-state index contributed by atoms with van der Waals surface area (Å²) in [7, 11) is 1.59. The molecule has 0 saturated heterocycles. The Bertz CT molecular complexity index is 553. The van der Waals surface area contributed by atoms with Crippen LogP contribution in [-0.4, -0.2) is 18.0 Å². The van der Waals surface area contributed by atoms with Gasteiger partial charge in [0.2, 0.25) is 5.91 Å². The van der Waals surface area contributed by atoms with Crippen molar-refractivity contribution < 1.29 is 9.53 Å². The molecule has 1 heterocycles. The van der Waals surface area contributed by atoms with Crippen LogP contribution in [0.4, 0.5) is 0 Å². The fourth-order valence-corrected chi connectivity index (χ4v) is 1.62. The number of ether oxygens (including phenoxy) is 1. The van der Waals surface area contributed by atoms with Crippen LogP contribution in [0.5, 0.6) is 5.75 Å². The summed E-state index contributed by atoms with van der Waals surface area (Å²) in [5, 5.41) is 0. The predicted octanol–water partition coefficient (Wildman–Crippen LogP) is 1.86. The third-order valence-corrected chi connectivity index (χ3v) is 2.46. The van der Waals surface area contributed by atoms with Crippen molar-refractivity contribution in [1.29, 1.82) is 0 Å². The third-order valence-electron chi connectivity index (χ3n) is 2.46. The quantitative estimate of drug-likeness (QED) is 0.871. The van der Waals surface area contributed by atoms with Gasteiger partial charge in [0.05, 0.1) is 7.11 Å². The molecule has 0 saturated carbocycles. The number of hydrogen-bond acceptors (Lipinski definition) is 3. The molecule has 17 heavy (non-hydrogen) atoms. The second-order valence-corrected chi connectivity index (χ2v) is 3.52. The molecule has 2 aromatic rings. The first-order valence-electron chi connectivity index (χ1n) is 5.10. The molecule has 2 N–H and O–H groups in total. The van der Waals surface area contributed by atoms with Gasteiger partial charge in [-0.25, -0.2) is 0 Å². The number of carbonyl (C=O) groups excluding carboxylic acids is 1. The first kappa shape index (κ1) is 11.1. The maximum absolute atomic E-state index is 11.1. The summed E-state index contributed by atoms with van der Waals surface area (Å²) in [5.41, 5.74) is 7.40. The molecule has 0 bridgehead atoms. The lowest BCUT2D eigenvalue weighted by Crippen LogP contribution is -2.10. The van der Waals surface area contributed by atoms with E-state index in [0.717, 1.165) is 11.1 Å². The lowest BCUT2D eigenvalue weighted by molar-refractivity contribution is 0.100. The number of benzene rings is 1. The number of nitrogens with zero attached hydrogens (tertiary/aromatic N) is 1. The van der Waals surface area contributed by atoms with Crippen molar-refractivity contribution in [2.45, 2.75) is 0 Å². The third kappa shape index (κ3) is 2.25. The lowest BCUT2D eigenvalue weighted by Gasteiger charge is -2.08. The SMILES string of the molecule is COc1ccncc1-c1cccc(C(N)=O)c1. The molecule has 0 aliphatic heterocycles. The highest BCUT2D eigenvalue weighted by Gasteiger charge is 2.07. The van der Waals surface area contributed by atoms with Crippen molar-refractivity contribution in [1.82, 2.24) is 4.98 Å². The summed E-state index contributed by atoms with van der Waals surface area (Å²) >= 11 is 0. The highest BCUT2D eigenvalue weighted by Crippen LogP contribution is 2.28. The number of rotatable bonds is 3. The van der Waals surface area contributed by atoms with Crippen LogP contribution in [0.15, 0.2) is 42.7 Å². The van der Waals surface area contributed by atoms with E-state index in [0.29, 0.717) is 11.3 Å². The predicted molar refractivity (Wildman–Crippen MR) is 64.7 cm³/mol. The van der Waals surface area contributed by atoms with Gasteiger partial charge in [0.1, 0.15) is 5.75 Å². The van der Waals surface area contributed by atoms with E-state index in [2.05, 4.69) is 4.98 Å². The molecule has 0 unspecified atom stereocenters. The molecule has 0 fully saturated rings. The first-order chi connectivity index (χ1) is 8.22. The highest BCUT2D eigenvalue weighted by atomic mass is 16.5. The topological polar surface area (TPSA) is 65.2 Å². The smallest absolute Gasteiger partial charge is 0.248 e. The summed E-state index contributed by atoms with van der Waals surface area (Å²) in [5.74, 6) is 0.260. The van der Waals surface area contributed by atoms with Gasteiger partial charge in [-0.15, -0.1) is 0 Å². The molecule has 2 rings (SSSR count). The fourth-order valence-electron chi connectivity index (χ4n) is 1.62. The summed E-state index contributed by atoms with van der Waals surface area (Å²) < 4.78 is 5.24. The van der Waals surface area contributed by atoms with E-state index in [1.54, 1.807) is 43.8 Å². The van der Waals surface area contributed by atoms with Crippen LogP contribution < -0.4 is 10.5 Å². The van der Waals surface area contributed by atoms with Crippen molar-refractivity contribution in [2.24, 2.45) is 5.73 Å². The Kier molecular flexibility index (Phi) is 3.05. The van der Waals surface area contributed by atoms with Gasteiger partial charge in [-0.2, -0.15) is 0 Å². The van der Waals surface area contributed by atoms with Gasteiger partial charge in [-0.1, -0.05) is 12.1 Å². The van der Waals surface area contributed by atoms with Crippen molar-refractivity contribution in [2.75, 3.05) is 7.11 Å². The average molecular weight is 228 g/mol. The Hall–Kier alpha value is -2.36. The molecular weight excluding hydrogens is 216 g/mol.